The predicted octanol–water partition coefficient (Wildman–Crippen LogP) is 0.266. The minimum atomic E-state index is -3.57. The summed E-state index contributed by atoms with van der Waals surface area (Å²) >= 11 is 0. The van der Waals surface area contributed by atoms with Gasteiger partial charge in [-0.05, 0) is 19.3 Å². The first-order chi connectivity index (χ1) is 8.08. The highest BCUT2D eigenvalue weighted by molar-refractivity contribution is 7.89. The molecule has 0 bridgehead atoms. The molecule has 0 saturated heterocycles. The van der Waals surface area contributed by atoms with Gasteiger partial charge in [-0.1, -0.05) is 13.8 Å². The fourth-order valence-corrected chi connectivity index (χ4v) is 2.72. The van der Waals surface area contributed by atoms with Gasteiger partial charge < -0.3 is 9.84 Å². The molecule has 0 aliphatic rings. The van der Waals surface area contributed by atoms with Crippen LogP contribution in [0.15, 0.2) is 0 Å². The van der Waals surface area contributed by atoms with Gasteiger partial charge in [0.1, 0.15) is 0 Å². The molecule has 0 aromatic heterocycles. The zero-order valence-electron chi connectivity index (χ0n) is 11.4. The number of methoxy groups -OCH3 is 1. The van der Waals surface area contributed by atoms with Gasteiger partial charge in [0.2, 0.25) is 10.0 Å². The Morgan fingerprint density at radius 2 is 2.00 bits per heavy atom. The maximum absolute atomic E-state index is 11.6. The Labute approximate surface area is 109 Å². The normalized spacial score (nSPS) is 15.4. The zero-order valence-corrected chi connectivity index (χ0v) is 12.2. The van der Waals surface area contributed by atoms with E-state index in [1.165, 1.54) is 7.11 Å². The van der Waals surface area contributed by atoms with Gasteiger partial charge in [0.15, 0.2) is 0 Å². The van der Waals surface area contributed by atoms with Crippen molar-refractivity contribution >= 4 is 16.0 Å². The van der Waals surface area contributed by atoms with Crippen LogP contribution in [-0.4, -0.2) is 44.5 Å². The highest BCUT2D eigenvalue weighted by atomic mass is 32.2. The highest BCUT2D eigenvalue weighted by Crippen LogP contribution is 2.15. The number of sulfonamides is 1. The second-order valence-corrected chi connectivity index (χ2v) is 6.99. The van der Waals surface area contributed by atoms with Crippen LogP contribution in [0.25, 0.3) is 0 Å². The Morgan fingerprint density at radius 3 is 2.44 bits per heavy atom. The number of rotatable bonds is 8. The van der Waals surface area contributed by atoms with Crippen LogP contribution >= 0.6 is 0 Å². The van der Waals surface area contributed by atoms with Gasteiger partial charge in [0.25, 0.3) is 0 Å². The molecule has 1 atom stereocenters. The molecule has 0 aromatic rings. The minimum Gasteiger partial charge on any atom is -0.469 e. The number of hydrogen-bond acceptors (Lipinski definition) is 5. The van der Waals surface area contributed by atoms with E-state index in [2.05, 4.69) is 9.46 Å². The Kier molecular flexibility index (Phi) is 6.80. The van der Waals surface area contributed by atoms with Crippen LogP contribution in [0.2, 0.25) is 0 Å². The zero-order chi connectivity index (χ0) is 14.4. The fourth-order valence-electron chi connectivity index (χ4n) is 1.61. The molecule has 0 fully saturated rings. The van der Waals surface area contributed by atoms with Gasteiger partial charge in [0, 0.05) is 6.54 Å². The van der Waals surface area contributed by atoms with E-state index in [0.29, 0.717) is 6.42 Å². The molecule has 108 valence electrons. The Morgan fingerprint density at radius 1 is 1.44 bits per heavy atom. The molecule has 0 rings (SSSR count). The van der Waals surface area contributed by atoms with Crippen molar-refractivity contribution in [2.75, 3.05) is 19.4 Å². The van der Waals surface area contributed by atoms with Crippen LogP contribution in [0.3, 0.4) is 0 Å². The molecule has 0 amide bonds. The van der Waals surface area contributed by atoms with Crippen molar-refractivity contribution in [2.45, 2.75) is 39.2 Å². The van der Waals surface area contributed by atoms with Crippen molar-refractivity contribution in [1.29, 1.82) is 0 Å². The molecule has 0 spiro atoms. The molecule has 0 radical (unpaired) electrons. The third-order valence-corrected chi connectivity index (χ3v) is 3.65. The molecule has 0 heterocycles. The van der Waals surface area contributed by atoms with Crippen LogP contribution in [0.5, 0.6) is 0 Å². The number of hydrogen-bond donors (Lipinski definition) is 2. The quantitative estimate of drug-likeness (QED) is 0.623. The highest BCUT2D eigenvalue weighted by Gasteiger charge is 2.24. The molecule has 1 unspecified atom stereocenters. The predicted molar refractivity (Wildman–Crippen MR) is 68.5 cm³/mol. The number of nitrogens with one attached hydrogen (secondary N) is 1. The molecule has 7 heteroatoms. The standard InChI is InChI=1S/C11H23NO5S/c1-9(2)7-11(3,14)8-12-18(15,16)6-5-10(13)17-4/h9,12,14H,5-8H2,1-4H3. The van der Waals surface area contributed by atoms with E-state index in [-0.39, 0.29) is 24.6 Å². The van der Waals surface area contributed by atoms with E-state index in [9.17, 15) is 18.3 Å². The summed E-state index contributed by atoms with van der Waals surface area (Å²) in [5.74, 6) is -0.647. The maximum atomic E-state index is 11.6. The average Bonchev–Trinajstić information content (AvgIpc) is 2.22. The van der Waals surface area contributed by atoms with Crippen molar-refractivity contribution < 1.29 is 23.1 Å². The summed E-state index contributed by atoms with van der Waals surface area (Å²) < 4.78 is 29.8. The average molecular weight is 281 g/mol. The number of esters is 1. The molecule has 6 nitrogen and oxygen atoms in total. The second-order valence-electron chi connectivity index (χ2n) is 5.06. The van der Waals surface area contributed by atoms with Crippen LogP contribution < -0.4 is 4.72 Å². The molecular formula is C11H23NO5S. The minimum absolute atomic E-state index is 0.0608. The lowest BCUT2D eigenvalue weighted by Gasteiger charge is -2.25. The lowest BCUT2D eigenvalue weighted by Crippen LogP contribution is -2.42. The Bertz CT molecular complexity index is 362. The molecule has 0 aromatic carbocycles. The molecule has 2 N–H and O–H groups in total. The van der Waals surface area contributed by atoms with E-state index in [1.54, 1.807) is 6.92 Å². The first-order valence-corrected chi connectivity index (χ1v) is 7.50. The summed E-state index contributed by atoms with van der Waals surface area (Å²) in [4.78, 5) is 10.8. The Hall–Kier alpha value is -0.660. The van der Waals surface area contributed by atoms with Gasteiger partial charge in [-0.3, -0.25) is 4.79 Å². The maximum Gasteiger partial charge on any atom is 0.306 e. The summed E-state index contributed by atoms with van der Waals surface area (Å²) in [6.07, 6.45) is 0.296. The van der Waals surface area contributed by atoms with E-state index in [1.807, 2.05) is 13.8 Å². The SMILES string of the molecule is COC(=O)CCS(=O)(=O)NCC(C)(O)CC(C)C. The Balaban J connectivity index is 4.22. The summed E-state index contributed by atoms with van der Waals surface area (Å²) in [5.41, 5.74) is -1.09. The second kappa shape index (κ2) is 7.06. The van der Waals surface area contributed by atoms with Gasteiger partial charge >= 0.3 is 5.97 Å². The summed E-state index contributed by atoms with van der Waals surface area (Å²) in [7, 11) is -2.36. The summed E-state index contributed by atoms with van der Waals surface area (Å²) in [6.45, 7) is 5.41. The number of aliphatic hydroxyl groups is 1. The van der Waals surface area contributed by atoms with Crippen molar-refractivity contribution in [3.05, 3.63) is 0 Å². The summed E-state index contributed by atoms with van der Waals surface area (Å²) in [5, 5.41) is 9.95. The first-order valence-electron chi connectivity index (χ1n) is 5.84. The van der Waals surface area contributed by atoms with E-state index >= 15 is 0 Å². The van der Waals surface area contributed by atoms with Gasteiger partial charge in [-0.25, -0.2) is 13.1 Å². The third kappa shape index (κ3) is 8.43. The molecule has 0 aliphatic heterocycles. The monoisotopic (exact) mass is 281 g/mol. The third-order valence-electron chi connectivity index (χ3n) is 2.32. The van der Waals surface area contributed by atoms with Gasteiger partial charge in [-0.15, -0.1) is 0 Å². The van der Waals surface area contributed by atoms with Crippen LogP contribution in [0.4, 0.5) is 0 Å². The lowest BCUT2D eigenvalue weighted by molar-refractivity contribution is -0.140. The van der Waals surface area contributed by atoms with Crippen molar-refractivity contribution in [2.24, 2.45) is 5.92 Å². The van der Waals surface area contributed by atoms with E-state index in [4.69, 9.17) is 0 Å². The van der Waals surface area contributed by atoms with Crippen LogP contribution in [-0.2, 0) is 19.6 Å². The van der Waals surface area contributed by atoms with E-state index < -0.39 is 21.6 Å². The smallest absolute Gasteiger partial charge is 0.306 e. The van der Waals surface area contributed by atoms with Crippen molar-refractivity contribution in [3.63, 3.8) is 0 Å². The van der Waals surface area contributed by atoms with Crippen LogP contribution in [0, 0.1) is 5.92 Å². The molecule has 0 aliphatic carbocycles. The number of carbonyl (C=O) groups excluding carboxylic acids is 1. The lowest BCUT2D eigenvalue weighted by atomic mass is 9.95. The summed E-state index contributed by atoms with van der Waals surface area (Å²) in [6, 6.07) is 0. The van der Waals surface area contributed by atoms with Crippen molar-refractivity contribution in [1.82, 2.24) is 4.72 Å². The molecule has 0 saturated carbocycles. The topological polar surface area (TPSA) is 92.7 Å². The van der Waals surface area contributed by atoms with Gasteiger partial charge in [0.05, 0.1) is 24.9 Å². The van der Waals surface area contributed by atoms with Crippen LogP contribution in [0.1, 0.15) is 33.6 Å². The largest absolute Gasteiger partial charge is 0.469 e. The molecular weight excluding hydrogens is 258 g/mol. The van der Waals surface area contributed by atoms with E-state index in [0.717, 1.165) is 0 Å². The fraction of sp³-hybridized carbons (Fsp3) is 0.909. The van der Waals surface area contributed by atoms with Crippen molar-refractivity contribution in [3.8, 4) is 0 Å². The molecule has 18 heavy (non-hydrogen) atoms. The first kappa shape index (κ1) is 17.3. The van der Waals surface area contributed by atoms with Gasteiger partial charge in [-0.2, -0.15) is 0 Å². The number of ether oxygens (including phenoxy) is 1. The number of carbonyl (C=O) groups is 1.